The third-order valence-corrected chi connectivity index (χ3v) is 5.16. The molecule has 1 aliphatic rings. The van der Waals surface area contributed by atoms with Gasteiger partial charge in [-0.05, 0) is 24.3 Å². The molecular formula is C17H11ClN4O2S. The van der Waals surface area contributed by atoms with Gasteiger partial charge in [0.25, 0.3) is 0 Å². The number of aromatic hydroxyl groups is 1. The summed E-state index contributed by atoms with van der Waals surface area (Å²) in [6.07, 6.45) is 5.08. The Morgan fingerprint density at radius 1 is 1.28 bits per heavy atom. The zero-order valence-corrected chi connectivity index (χ0v) is 14.5. The fraction of sp³-hybridized carbons (Fsp3) is 0.0588. The van der Waals surface area contributed by atoms with Crippen LogP contribution in [0.5, 0.6) is 5.88 Å². The number of thiazole rings is 1. The van der Waals surface area contributed by atoms with Gasteiger partial charge in [-0.25, -0.2) is 0 Å². The smallest absolute Gasteiger partial charge is 0.310 e. The van der Waals surface area contributed by atoms with Crippen LogP contribution in [-0.2, 0) is 7.05 Å². The molecule has 0 spiro atoms. The number of hydrogen-bond acceptors (Lipinski definition) is 6. The Morgan fingerprint density at radius 2 is 2.12 bits per heavy atom. The van der Waals surface area contributed by atoms with Crippen LogP contribution in [0, 0.1) is 0 Å². The quantitative estimate of drug-likeness (QED) is 0.723. The Morgan fingerprint density at radius 3 is 2.80 bits per heavy atom. The fourth-order valence-electron chi connectivity index (χ4n) is 2.54. The molecule has 1 aromatic carbocycles. The molecule has 25 heavy (non-hydrogen) atoms. The Balaban J connectivity index is 1.85. The van der Waals surface area contributed by atoms with Crippen molar-refractivity contribution in [2.75, 3.05) is 0 Å². The molecule has 3 heterocycles. The molecule has 0 saturated heterocycles. The van der Waals surface area contributed by atoms with Crippen LogP contribution in [-0.4, -0.2) is 14.7 Å². The standard InChI is InChI=1S/C17H11ClN4O2S/c1-22-16(23)15(25-17(22)24)7-14-11-5-10(9-3-2-4-19-8-9)12(18)6-13(11)20-21-14/h2-8,23H,1H3/b14-7-. The molecule has 3 aromatic rings. The van der Waals surface area contributed by atoms with E-state index in [1.165, 1.54) is 11.6 Å². The van der Waals surface area contributed by atoms with Gasteiger partial charge >= 0.3 is 4.87 Å². The van der Waals surface area contributed by atoms with Gasteiger partial charge in [-0.1, -0.05) is 29.0 Å². The highest BCUT2D eigenvalue weighted by atomic mass is 35.5. The van der Waals surface area contributed by atoms with E-state index >= 15 is 0 Å². The van der Waals surface area contributed by atoms with Crippen molar-refractivity contribution in [3.05, 3.63) is 61.8 Å². The monoisotopic (exact) mass is 370 g/mol. The normalized spacial score (nSPS) is 14.2. The highest BCUT2D eigenvalue weighted by molar-refractivity contribution is 7.10. The van der Waals surface area contributed by atoms with Crippen LogP contribution < -0.4 is 4.87 Å². The van der Waals surface area contributed by atoms with Gasteiger partial charge in [0.2, 0.25) is 5.88 Å². The van der Waals surface area contributed by atoms with Crippen molar-refractivity contribution in [3.63, 3.8) is 0 Å². The van der Waals surface area contributed by atoms with E-state index in [0.717, 1.165) is 28.0 Å². The van der Waals surface area contributed by atoms with E-state index in [1.807, 2.05) is 18.2 Å². The highest BCUT2D eigenvalue weighted by Crippen LogP contribution is 2.42. The lowest BCUT2D eigenvalue weighted by Crippen LogP contribution is -2.05. The van der Waals surface area contributed by atoms with E-state index in [9.17, 15) is 9.90 Å². The van der Waals surface area contributed by atoms with Crippen LogP contribution in [0.4, 0.5) is 5.69 Å². The molecule has 1 aliphatic heterocycles. The van der Waals surface area contributed by atoms with Crippen LogP contribution in [0.25, 0.3) is 22.9 Å². The van der Waals surface area contributed by atoms with Gasteiger partial charge < -0.3 is 5.11 Å². The summed E-state index contributed by atoms with van der Waals surface area (Å²) in [6.45, 7) is 0. The van der Waals surface area contributed by atoms with Gasteiger partial charge in [0.15, 0.2) is 0 Å². The van der Waals surface area contributed by atoms with Crippen LogP contribution in [0.1, 0.15) is 10.4 Å². The largest absolute Gasteiger partial charge is 0.493 e. The third kappa shape index (κ3) is 2.67. The molecule has 2 aromatic heterocycles. The zero-order chi connectivity index (χ0) is 17.6. The van der Waals surface area contributed by atoms with Crippen LogP contribution in [0.2, 0.25) is 5.02 Å². The van der Waals surface area contributed by atoms with Crippen molar-refractivity contribution in [2.24, 2.45) is 17.3 Å². The maximum absolute atomic E-state index is 11.7. The lowest BCUT2D eigenvalue weighted by atomic mass is 10.0. The molecule has 0 atom stereocenters. The second-order valence-corrected chi connectivity index (χ2v) is 6.84. The van der Waals surface area contributed by atoms with Gasteiger partial charge in [-0.2, -0.15) is 0 Å². The molecule has 8 heteroatoms. The van der Waals surface area contributed by atoms with Gasteiger partial charge in [0, 0.05) is 36.1 Å². The number of aromatic nitrogens is 2. The van der Waals surface area contributed by atoms with Crippen molar-refractivity contribution in [1.29, 1.82) is 0 Å². The number of fused-ring (bicyclic) bond motifs is 1. The Labute approximate surface area is 151 Å². The summed E-state index contributed by atoms with van der Waals surface area (Å²) < 4.78 is 1.19. The summed E-state index contributed by atoms with van der Waals surface area (Å²) in [5.41, 5.74) is 3.69. The van der Waals surface area contributed by atoms with Crippen LogP contribution >= 0.6 is 22.9 Å². The zero-order valence-electron chi connectivity index (χ0n) is 13.0. The fourth-order valence-corrected chi connectivity index (χ4v) is 3.62. The molecule has 0 amide bonds. The van der Waals surface area contributed by atoms with Gasteiger partial charge in [0.1, 0.15) is 0 Å². The molecule has 0 bridgehead atoms. The lowest BCUT2D eigenvalue weighted by Gasteiger charge is -2.07. The summed E-state index contributed by atoms with van der Waals surface area (Å²) in [4.78, 5) is 16.0. The van der Waals surface area contributed by atoms with Crippen molar-refractivity contribution in [3.8, 4) is 17.0 Å². The SMILES string of the molecule is Cn1c(O)c(/C=C2\N=Nc3cc(Cl)c(-c4cccnc4)cc32)sc1=O. The first-order chi connectivity index (χ1) is 12.0. The van der Waals surface area contributed by atoms with Crippen molar-refractivity contribution < 1.29 is 5.11 Å². The third-order valence-electron chi connectivity index (χ3n) is 3.88. The minimum atomic E-state index is -0.244. The molecule has 6 nitrogen and oxygen atoms in total. The average molecular weight is 371 g/mol. The maximum atomic E-state index is 11.7. The Kier molecular flexibility index (Phi) is 3.74. The number of halogens is 1. The molecule has 0 fully saturated rings. The minimum absolute atomic E-state index is 0.0902. The first kappa shape index (κ1) is 15.7. The van der Waals surface area contributed by atoms with Crippen molar-refractivity contribution in [1.82, 2.24) is 9.55 Å². The van der Waals surface area contributed by atoms with E-state index in [-0.39, 0.29) is 10.8 Å². The molecule has 0 saturated carbocycles. The van der Waals surface area contributed by atoms with E-state index in [4.69, 9.17) is 11.6 Å². The summed E-state index contributed by atoms with van der Waals surface area (Å²) in [7, 11) is 1.51. The predicted octanol–water partition coefficient (Wildman–Crippen LogP) is 4.46. The first-order valence-corrected chi connectivity index (χ1v) is 8.50. The van der Waals surface area contributed by atoms with E-state index in [1.54, 1.807) is 24.5 Å². The number of rotatable bonds is 2. The Hall–Kier alpha value is -2.77. The summed E-state index contributed by atoms with van der Waals surface area (Å²) in [5.74, 6) is -0.0902. The summed E-state index contributed by atoms with van der Waals surface area (Å²) in [6, 6.07) is 7.39. The van der Waals surface area contributed by atoms with E-state index in [0.29, 0.717) is 21.3 Å². The second kappa shape index (κ2) is 5.94. The molecule has 0 aliphatic carbocycles. The number of benzene rings is 1. The molecule has 124 valence electrons. The maximum Gasteiger partial charge on any atom is 0.310 e. The number of azo groups is 1. The molecule has 1 N–H and O–H groups in total. The molecule has 4 rings (SSSR count). The number of nitrogens with zero attached hydrogens (tertiary/aromatic N) is 4. The second-order valence-electron chi connectivity index (χ2n) is 5.44. The number of pyridine rings is 1. The van der Waals surface area contributed by atoms with Gasteiger partial charge in [-0.15, -0.1) is 10.2 Å². The van der Waals surface area contributed by atoms with E-state index in [2.05, 4.69) is 15.2 Å². The average Bonchev–Trinajstić information content (AvgIpc) is 3.11. The van der Waals surface area contributed by atoms with Crippen molar-refractivity contribution in [2.45, 2.75) is 0 Å². The first-order valence-electron chi connectivity index (χ1n) is 7.31. The molecular weight excluding hydrogens is 360 g/mol. The molecule has 0 unspecified atom stereocenters. The summed E-state index contributed by atoms with van der Waals surface area (Å²) in [5, 5.41) is 18.9. The topological polar surface area (TPSA) is 79.8 Å². The Bertz CT molecular complexity index is 1100. The molecule has 0 radical (unpaired) electrons. The van der Waals surface area contributed by atoms with Gasteiger partial charge in [0.05, 0.1) is 21.3 Å². The van der Waals surface area contributed by atoms with Crippen LogP contribution in [0.15, 0.2) is 51.7 Å². The van der Waals surface area contributed by atoms with Gasteiger partial charge in [-0.3, -0.25) is 14.3 Å². The lowest BCUT2D eigenvalue weighted by molar-refractivity contribution is 0.428. The van der Waals surface area contributed by atoms with E-state index < -0.39 is 0 Å². The summed E-state index contributed by atoms with van der Waals surface area (Å²) >= 11 is 7.32. The number of hydrogen-bond donors (Lipinski definition) is 1. The minimum Gasteiger partial charge on any atom is -0.493 e. The predicted molar refractivity (Wildman–Crippen MR) is 98.3 cm³/mol. The van der Waals surface area contributed by atoms with Crippen LogP contribution in [0.3, 0.4) is 0 Å². The highest BCUT2D eigenvalue weighted by Gasteiger charge is 2.19. The van der Waals surface area contributed by atoms with Crippen molar-refractivity contribution >= 4 is 40.4 Å².